The van der Waals surface area contributed by atoms with Gasteiger partial charge in [0, 0.05) is 12.4 Å². The van der Waals surface area contributed by atoms with E-state index >= 15 is 0 Å². The number of para-hydroxylation sites is 2. The van der Waals surface area contributed by atoms with E-state index in [0.717, 1.165) is 11.4 Å². The highest BCUT2D eigenvalue weighted by Crippen LogP contribution is 2.22. The Kier molecular flexibility index (Phi) is 3.90. The number of rotatable bonds is 3. The number of carbonyl (C=O) groups excluding carboxylic acids is 1. The van der Waals surface area contributed by atoms with Crippen molar-refractivity contribution in [1.29, 1.82) is 0 Å². The van der Waals surface area contributed by atoms with Gasteiger partial charge in [-0.2, -0.15) is 0 Å². The maximum absolute atomic E-state index is 12.2. The zero-order valence-electron chi connectivity index (χ0n) is 12.0. The van der Waals surface area contributed by atoms with Crippen LogP contribution in [-0.2, 0) is 4.79 Å². The van der Waals surface area contributed by atoms with Crippen molar-refractivity contribution in [1.82, 2.24) is 9.55 Å². The Hall–Kier alpha value is -2.14. The van der Waals surface area contributed by atoms with Crippen LogP contribution in [0.5, 0.6) is 0 Å². The summed E-state index contributed by atoms with van der Waals surface area (Å²) < 4.78 is 1.85. The van der Waals surface area contributed by atoms with E-state index in [2.05, 4.69) is 10.3 Å². The molecule has 0 spiro atoms. The van der Waals surface area contributed by atoms with Crippen LogP contribution < -0.4 is 11.1 Å². The van der Waals surface area contributed by atoms with E-state index in [-0.39, 0.29) is 11.3 Å². The molecule has 0 fully saturated rings. The Balaban J connectivity index is 2.25. The molecule has 0 saturated heterocycles. The molecule has 0 aliphatic heterocycles. The predicted octanol–water partition coefficient (Wildman–Crippen LogP) is 2.18. The van der Waals surface area contributed by atoms with Crippen LogP contribution in [0.15, 0.2) is 43.0 Å². The molecule has 2 rings (SSSR count). The minimum absolute atomic E-state index is 0.190. The van der Waals surface area contributed by atoms with Crippen LogP contribution in [-0.4, -0.2) is 21.5 Å². The minimum atomic E-state index is -0.571. The summed E-state index contributed by atoms with van der Waals surface area (Å²) in [5.74, 6) is -0.190. The van der Waals surface area contributed by atoms with Crippen LogP contribution >= 0.6 is 0 Å². The zero-order valence-corrected chi connectivity index (χ0v) is 12.0. The number of nitrogens with two attached hydrogens (primary N) is 1. The SMILES string of the molecule is CC(C)(C)[C@@H](N)C(=O)Nc1ccccc1-n1ccnc1. The van der Waals surface area contributed by atoms with Crippen molar-refractivity contribution in [2.45, 2.75) is 26.8 Å². The standard InChI is InChI=1S/C15H20N4O/c1-15(2,3)13(16)14(20)18-11-6-4-5-7-12(11)19-9-8-17-10-19/h4-10,13H,16H2,1-3H3,(H,18,20)/t13-/m0/s1. The number of nitrogens with zero attached hydrogens (tertiary/aromatic N) is 2. The highest BCUT2D eigenvalue weighted by molar-refractivity contribution is 5.96. The zero-order chi connectivity index (χ0) is 14.8. The summed E-state index contributed by atoms with van der Waals surface area (Å²) in [5, 5.41) is 2.89. The maximum Gasteiger partial charge on any atom is 0.241 e. The average Bonchev–Trinajstić information content (AvgIpc) is 2.91. The Morgan fingerprint density at radius 1 is 1.35 bits per heavy atom. The second kappa shape index (κ2) is 5.46. The van der Waals surface area contributed by atoms with Crippen molar-refractivity contribution in [3.8, 4) is 5.69 Å². The van der Waals surface area contributed by atoms with E-state index in [1.54, 1.807) is 12.5 Å². The lowest BCUT2D eigenvalue weighted by atomic mass is 9.87. The largest absolute Gasteiger partial charge is 0.323 e. The van der Waals surface area contributed by atoms with Crippen LogP contribution in [0.1, 0.15) is 20.8 Å². The average molecular weight is 272 g/mol. The first kappa shape index (κ1) is 14.3. The first-order valence-corrected chi connectivity index (χ1v) is 6.53. The first-order valence-electron chi connectivity index (χ1n) is 6.53. The molecule has 5 heteroatoms. The van der Waals surface area contributed by atoms with Crippen molar-refractivity contribution in [2.24, 2.45) is 11.1 Å². The quantitative estimate of drug-likeness (QED) is 0.899. The molecule has 2 aromatic rings. The topological polar surface area (TPSA) is 72.9 Å². The Labute approximate surface area is 118 Å². The van der Waals surface area contributed by atoms with Crippen LogP contribution in [0, 0.1) is 5.41 Å². The van der Waals surface area contributed by atoms with E-state index in [4.69, 9.17) is 5.73 Å². The lowest BCUT2D eigenvalue weighted by Gasteiger charge is -2.26. The molecule has 1 heterocycles. The van der Waals surface area contributed by atoms with Gasteiger partial charge in [-0.3, -0.25) is 4.79 Å². The maximum atomic E-state index is 12.2. The number of carbonyl (C=O) groups is 1. The van der Waals surface area contributed by atoms with Crippen LogP contribution in [0.3, 0.4) is 0 Å². The summed E-state index contributed by atoms with van der Waals surface area (Å²) in [4.78, 5) is 16.2. The molecule has 5 nitrogen and oxygen atoms in total. The van der Waals surface area contributed by atoms with Gasteiger partial charge in [-0.15, -0.1) is 0 Å². The van der Waals surface area contributed by atoms with Crippen molar-refractivity contribution >= 4 is 11.6 Å². The van der Waals surface area contributed by atoms with Crippen molar-refractivity contribution in [2.75, 3.05) is 5.32 Å². The second-order valence-electron chi connectivity index (χ2n) is 5.82. The fourth-order valence-corrected chi connectivity index (χ4v) is 1.81. The number of nitrogens with one attached hydrogen (secondary N) is 1. The number of hydrogen-bond donors (Lipinski definition) is 2. The van der Waals surface area contributed by atoms with E-state index in [1.165, 1.54) is 0 Å². The molecule has 0 aliphatic carbocycles. The smallest absolute Gasteiger partial charge is 0.241 e. The summed E-state index contributed by atoms with van der Waals surface area (Å²) in [7, 11) is 0. The fraction of sp³-hybridized carbons (Fsp3) is 0.333. The molecular weight excluding hydrogens is 252 g/mol. The lowest BCUT2D eigenvalue weighted by molar-refractivity contribution is -0.119. The van der Waals surface area contributed by atoms with Crippen LogP contribution in [0.25, 0.3) is 5.69 Å². The van der Waals surface area contributed by atoms with Crippen LogP contribution in [0.2, 0.25) is 0 Å². The van der Waals surface area contributed by atoms with Gasteiger partial charge in [-0.05, 0) is 17.5 Å². The Morgan fingerprint density at radius 2 is 2.05 bits per heavy atom. The number of aromatic nitrogens is 2. The van der Waals surface area contributed by atoms with Gasteiger partial charge in [0.1, 0.15) is 0 Å². The molecule has 20 heavy (non-hydrogen) atoms. The van der Waals surface area contributed by atoms with E-state index in [0.29, 0.717) is 0 Å². The molecule has 1 atom stereocenters. The summed E-state index contributed by atoms with van der Waals surface area (Å²) in [6.07, 6.45) is 5.21. The Bertz CT molecular complexity index is 584. The molecular formula is C15H20N4O. The van der Waals surface area contributed by atoms with E-state index < -0.39 is 6.04 Å². The molecule has 0 aliphatic rings. The molecule has 1 aromatic heterocycles. The molecule has 0 unspecified atom stereocenters. The third-order valence-corrected chi connectivity index (χ3v) is 3.16. The van der Waals surface area contributed by atoms with E-state index in [9.17, 15) is 4.79 Å². The van der Waals surface area contributed by atoms with Gasteiger partial charge in [-0.25, -0.2) is 4.98 Å². The van der Waals surface area contributed by atoms with Gasteiger partial charge in [0.25, 0.3) is 0 Å². The van der Waals surface area contributed by atoms with Gasteiger partial charge in [0.15, 0.2) is 0 Å². The Morgan fingerprint density at radius 3 is 2.65 bits per heavy atom. The normalized spacial score (nSPS) is 13.0. The third-order valence-electron chi connectivity index (χ3n) is 3.16. The minimum Gasteiger partial charge on any atom is -0.323 e. The number of amides is 1. The number of imidazole rings is 1. The van der Waals surface area contributed by atoms with Gasteiger partial charge in [0.05, 0.1) is 23.7 Å². The predicted molar refractivity (Wildman–Crippen MR) is 79.6 cm³/mol. The summed E-state index contributed by atoms with van der Waals surface area (Å²) in [6, 6.07) is 6.98. The summed E-state index contributed by atoms with van der Waals surface area (Å²) >= 11 is 0. The highest BCUT2D eigenvalue weighted by Gasteiger charge is 2.27. The van der Waals surface area contributed by atoms with Gasteiger partial charge in [0.2, 0.25) is 5.91 Å². The highest BCUT2D eigenvalue weighted by atomic mass is 16.2. The van der Waals surface area contributed by atoms with Crippen molar-refractivity contribution < 1.29 is 4.79 Å². The molecule has 3 N–H and O–H groups in total. The van der Waals surface area contributed by atoms with E-state index in [1.807, 2.05) is 55.8 Å². The first-order chi connectivity index (χ1) is 9.39. The van der Waals surface area contributed by atoms with Crippen molar-refractivity contribution in [3.05, 3.63) is 43.0 Å². The third kappa shape index (κ3) is 3.05. The summed E-state index contributed by atoms with van der Waals surface area (Å²) in [5.41, 5.74) is 7.27. The van der Waals surface area contributed by atoms with Gasteiger partial charge >= 0.3 is 0 Å². The number of benzene rings is 1. The van der Waals surface area contributed by atoms with Gasteiger partial charge in [-0.1, -0.05) is 32.9 Å². The number of hydrogen-bond acceptors (Lipinski definition) is 3. The van der Waals surface area contributed by atoms with Gasteiger partial charge < -0.3 is 15.6 Å². The van der Waals surface area contributed by atoms with Crippen LogP contribution in [0.4, 0.5) is 5.69 Å². The fourth-order valence-electron chi connectivity index (χ4n) is 1.81. The monoisotopic (exact) mass is 272 g/mol. The lowest BCUT2D eigenvalue weighted by Crippen LogP contribution is -2.45. The molecule has 1 amide bonds. The molecule has 0 saturated carbocycles. The molecule has 0 bridgehead atoms. The summed E-state index contributed by atoms with van der Waals surface area (Å²) in [6.45, 7) is 5.83. The number of anilines is 1. The molecule has 1 aromatic carbocycles. The molecule has 0 radical (unpaired) electrons. The van der Waals surface area contributed by atoms with Crippen molar-refractivity contribution in [3.63, 3.8) is 0 Å². The molecule has 106 valence electrons. The second-order valence-corrected chi connectivity index (χ2v) is 5.82.